The SMILES string of the molecule is O=C(O)C1(NS(=O)(=O)c2ccc(OCc3ccc(F)cc3)cc2)CCOC1. The Morgan fingerprint density at radius 2 is 1.85 bits per heavy atom. The van der Waals surface area contributed by atoms with Crippen LogP contribution in [0.3, 0.4) is 0 Å². The van der Waals surface area contributed by atoms with Gasteiger partial charge in [0.2, 0.25) is 10.0 Å². The fourth-order valence-corrected chi connectivity index (χ4v) is 4.01. The molecule has 1 fully saturated rings. The summed E-state index contributed by atoms with van der Waals surface area (Å²) in [6.45, 7) is 0.148. The van der Waals surface area contributed by atoms with E-state index in [1.807, 2.05) is 0 Å². The van der Waals surface area contributed by atoms with Gasteiger partial charge in [-0.3, -0.25) is 4.79 Å². The van der Waals surface area contributed by atoms with Crippen LogP contribution < -0.4 is 9.46 Å². The Labute approximate surface area is 155 Å². The van der Waals surface area contributed by atoms with E-state index in [1.54, 1.807) is 12.1 Å². The van der Waals surface area contributed by atoms with Crippen LogP contribution in [-0.2, 0) is 26.2 Å². The number of benzene rings is 2. The molecular weight excluding hydrogens is 377 g/mol. The summed E-state index contributed by atoms with van der Waals surface area (Å²) in [6, 6.07) is 11.4. The van der Waals surface area contributed by atoms with Gasteiger partial charge in [-0.05, 0) is 42.0 Å². The van der Waals surface area contributed by atoms with E-state index in [9.17, 15) is 22.7 Å². The third kappa shape index (κ3) is 4.44. The van der Waals surface area contributed by atoms with Crippen LogP contribution in [0.15, 0.2) is 53.4 Å². The van der Waals surface area contributed by atoms with E-state index < -0.39 is 21.5 Å². The predicted octanol–water partition coefficient (Wildman–Crippen LogP) is 1.93. The van der Waals surface area contributed by atoms with Gasteiger partial charge in [0.15, 0.2) is 5.54 Å². The highest BCUT2D eigenvalue weighted by atomic mass is 32.2. The van der Waals surface area contributed by atoms with Crippen LogP contribution >= 0.6 is 0 Å². The Hall–Kier alpha value is -2.49. The maximum atomic E-state index is 12.9. The lowest BCUT2D eigenvalue weighted by molar-refractivity contribution is -0.144. The fraction of sp³-hybridized carbons (Fsp3) is 0.278. The fourth-order valence-electron chi connectivity index (χ4n) is 2.64. The molecule has 9 heteroatoms. The van der Waals surface area contributed by atoms with Crippen LogP contribution in [0.2, 0.25) is 0 Å². The Morgan fingerprint density at radius 1 is 1.19 bits per heavy atom. The van der Waals surface area contributed by atoms with Crippen molar-refractivity contribution >= 4 is 16.0 Å². The second-order valence-corrected chi connectivity index (χ2v) is 7.86. The number of ether oxygens (including phenoxy) is 2. The van der Waals surface area contributed by atoms with Crippen molar-refractivity contribution in [2.45, 2.75) is 23.5 Å². The molecule has 3 rings (SSSR count). The van der Waals surface area contributed by atoms with Crippen LogP contribution in [-0.4, -0.2) is 38.2 Å². The highest BCUT2D eigenvalue weighted by molar-refractivity contribution is 7.89. The molecule has 1 unspecified atom stereocenters. The predicted molar refractivity (Wildman–Crippen MR) is 93.3 cm³/mol. The Kier molecular flexibility index (Phi) is 5.45. The molecule has 2 aromatic rings. The lowest BCUT2D eigenvalue weighted by atomic mass is 10.0. The standard InChI is InChI=1S/C18H18FNO6S/c19-14-3-1-13(2-4-14)11-26-15-5-7-16(8-6-15)27(23,24)20-18(17(21)22)9-10-25-12-18/h1-8,20H,9-12H2,(H,21,22). The maximum Gasteiger partial charge on any atom is 0.327 e. The topological polar surface area (TPSA) is 102 Å². The number of sulfonamides is 1. The monoisotopic (exact) mass is 395 g/mol. The second kappa shape index (κ2) is 7.63. The van der Waals surface area contributed by atoms with E-state index >= 15 is 0 Å². The lowest BCUT2D eigenvalue weighted by Crippen LogP contribution is -2.54. The maximum absolute atomic E-state index is 12.9. The third-order valence-corrected chi connectivity index (χ3v) is 5.77. The van der Waals surface area contributed by atoms with Crippen LogP contribution in [0.5, 0.6) is 5.75 Å². The van der Waals surface area contributed by atoms with Gasteiger partial charge in [-0.2, -0.15) is 4.72 Å². The number of aliphatic carboxylic acids is 1. The van der Waals surface area contributed by atoms with Gasteiger partial charge < -0.3 is 14.6 Å². The van der Waals surface area contributed by atoms with Crippen LogP contribution in [0.4, 0.5) is 4.39 Å². The number of carboxylic acid groups (broad SMARTS) is 1. The zero-order valence-electron chi connectivity index (χ0n) is 14.2. The molecule has 0 spiro atoms. The first-order valence-electron chi connectivity index (χ1n) is 8.13. The van der Waals surface area contributed by atoms with Gasteiger partial charge >= 0.3 is 5.97 Å². The van der Waals surface area contributed by atoms with Gasteiger partial charge in [0, 0.05) is 13.0 Å². The van der Waals surface area contributed by atoms with E-state index in [1.165, 1.54) is 36.4 Å². The first kappa shape index (κ1) is 19.3. The van der Waals surface area contributed by atoms with E-state index in [0.29, 0.717) is 5.75 Å². The summed E-state index contributed by atoms with van der Waals surface area (Å²) >= 11 is 0. The average Bonchev–Trinajstić information content (AvgIpc) is 3.11. The number of nitrogens with one attached hydrogen (secondary N) is 1. The molecule has 1 aliphatic heterocycles. The minimum absolute atomic E-state index is 0.0560. The zero-order chi connectivity index (χ0) is 19.5. The molecule has 0 bridgehead atoms. The van der Waals surface area contributed by atoms with Crippen molar-refractivity contribution in [3.05, 3.63) is 59.9 Å². The van der Waals surface area contributed by atoms with Crippen LogP contribution in [0.1, 0.15) is 12.0 Å². The molecule has 7 nitrogen and oxygen atoms in total. The van der Waals surface area contributed by atoms with Crippen molar-refractivity contribution in [2.75, 3.05) is 13.2 Å². The Balaban J connectivity index is 1.68. The molecule has 0 amide bonds. The highest BCUT2D eigenvalue weighted by Crippen LogP contribution is 2.24. The molecule has 0 aliphatic carbocycles. The minimum atomic E-state index is -4.04. The summed E-state index contributed by atoms with van der Waals surface area (Å²) in [4.78, 5) is 11.4. The molecule has 0 saturated carbocycles. The molecule has 2 N–H and O–H groups in total. The molecule has 144 valence electrons. The number of carbonyl (C=O) groups is 1. The number of carboxylic acids is 1. The van der Waals surface area contributed by atoms with Gasteiger partial charge in [0.1, 0.15) is 18.2 Å². The summed E-state index contributed by atoms with van der Waals surface area (Å²) in [6.07, 6.45) is 0.0560. The highest BCUT2D eigenvalue weighted by Gasteiger charge is 2.46. The number of hydrogen-bond donors (Lipinski definition) is 2. The summed E-state index contributed by atoms with van der Waals surface area (Å²) in [7, 11) is -4.04. The van der Waals surface area contributed by atoms with Gasteiger partial charge in [-0.25, -0.2) is 12.8 Å². The largest absolute Gasteiger partial charge is 0.489 e. The lowest BCUT2D eigenvalue weighted by Gasteiger charge is -2.23. The molecule has 1 aliphatic rings. The van der Waals surface area contributed by atoms with E-state index in [0.717, 1.165) is 5.56 Å². The van der Waals surface area contributed by atoms with Crippen LogP contribution in [0.25, 0.3) is 0 Å². The van der Waals surface area contributed by atoms with Gasteiger partial charge in [0.25, 0.3) is 0 Å². The second-order valence-electron chi connectivity index (χ2n) is 6.18. The molecule has 0 aromatic heterocycles. The average molecular weight is 395 g/mol. The Bertz CT molecular complexity index is 906. The molecule has 1 atom stereocenters. The molecular formula is C18H18FNO6S. The van der Waals surface area contributed by atoms with Crippen molar-refractivity contribution in [3.8, 4) is 5.75 Å². The van der Waals surface area contributed by atoms with E-state index in [-0.39, 0.29) is 37.0 Å². The van der Waals surface area contributed by atoms with Crippen molar-refractivity contribution in [2.24, 2.45) is 0 Å². The minimum Gasteiger partial charge on any atom is -0.489 e. The van der Waals surface area contributed by atoms with Crippen molar-refractivity contribution < 1.29 is 32.2 Å². The van der Waals surface area contributed by atoms with Gasteiger partial charge in [-0.1, -0.05) is 12.1 Å². The van der Waals surface area contributed by atoms with E-state index in [4.69, 9.17) is 9.47 Å². The Morgan fingerprint density at radius 3 is 2.41 bits per heavy atom. The quantitative estimate of drug-likeness (QED) is 0.743. The van der Waals surface area contributed by atoms with Crippen molar-refractivity contribution in [1.29, 1.82) is 0 Å². The number of hydrogen-bond acceptors (Lipinski definition) is 5. The zero-order valence-corrected chi connectivity index (χ0v) is 15.0. The van der Waals surface area contributed by atoms with E-state index in [2.05, 4.69) is 4.72 Å². The van der Waals surface area contributed by atoms with Crippen LogP contribution in [0, 0.1) is 5.82 Å². The first-order valence-corrected chi connectivity index (χ1v) is 9.62. The smallest absolute Gasteiger partial charge is 0.327 e. The molecule has 0 radical (unpaired) electrons. The van der Waals surface area contributed by atoms with Gasteiger partial charge in [-0.15, -0.1) is 0 Å². The molecule has 1 saturated heterocycles. The number of rotatable bonds is 7. The molecule has 27 heavy (non-hydrogen) atoms. The number of halogens is 1. The van der Waals surface area contributed by atoms with Gasteiger partial charge in [0.05, 0.1) is 11.5 Å². The molecule has 2 aromatic carbocycles. The van der Waals surface area contributed by atoms with Crippen molar-refractivity contribution in [1.82, 2.24) is 4.72 Å². The third-order valence-electron chi connectivity index (χ3n) is 4.21. The summed E-state index contributed by atoms with van der Waals surface area (Å²) in [5.74, 6) is -1.19. The van der Waals surface area contributed by atoms with Crippen molar-refractivity contribution in [3.63, 3.8) is 0 Å². The normalized spacial score (nSPS) is 19.7. The summed E-state index contributed by atoms with van der Waals surface area (Å²) in [5.41, 5.74) is -0.893. The summed E-state index contributed by atoms with van der Waals surface area (Å²) < 4.78 is 50.7. The first-order chi connectivity index (χ1) is 12.8. The summed E-state index contributed by atoms with van der Waals surface area (Å²) in [5, 5.41) is 9.36. The molecule has 1 heterocycles.